The first-order valence-corrected chi connectivity index (χ1v) is 14.8. The van der Waals surface area contributed by atoms with Gasteiger partial charge >= 0.3 is 5.97 Å². The smallest absolute Gasteiger partial charge is 0.310 e. The minimum Gasteiger partial charge on any atom is -0.462 e. The summed E-state index contributed by atoms with van der Waals surface area (Å²) < 4.78 is 12.2. The summed E-state index contributed by atoms with van der Waals surface area (Å²) in [6, 6.07) is 20.3. The quantitative estimate of drug-likeness (QED) is 0.440. The Morgan fingerprint density at radius 3 is 2.24 bits per heavy atom. The van der Waals surface area contributed by atoms with Crippen LogP contribution in [0, 0.1) is 29.1 Å². The highest BCUT2D eigenvalue weighted by molar-refractivity contribution is 5.75. The van der Waals surface area contributed by atoms with Gasteiger partial charge in [-0.05, 0) is 86.4 Å². The molecule has 202 valence electrons. The Labute approximate surface area is 226 Å². The number of nitrogens with zero attached hydrogens (tertiary/aromatic N) is 1. The lowest BCUT2D eigenvalue weighted by molar-refractivity contribution is -0.147. The van der Waals surface area contributed by atoms with Crippen molar-refractivity contribution >= 4 is 5.97 Å². The number of hydrogen-bond donors (Lipinski definition) is 1. The molecule has 0 bridgehead atoms. The average Bonchev–Trinajstić information content (AvgIpc) is 3.65. The number of carbonyl (C=O) groups excluding carboxylic acids is 1. The van der Waals surface area contributed by atoms with Crippen LogP contribution in [0.2, 0.25) is 0 Å². The number of hydrogen-bond acceptors (Lipinski definition) is 5. The number of piperidine rings is 1. The Morgan fingerprint density at radius 2 is 1.63 bits per heavy atom. The molecule has 3 aliphatic heterocycles. The van der Waals surface area contributed by atoms with Gasteiger partial charge in [0, 0.05) is 12.5 Å². The molecule has 7 rings (SSSR count). The van der Waals surface area contributed by atoms with E-state index in [1.165, 1.54) is 19.3 Å². The first-order chi connectivity index (χ1) is 18.4. The molecular formula is C33H41NO4. The highest BCUT2D eigenvalue weighted by atomic mass is 16.6. The van der Waals surface area contributed by atoms with Gasteiger partial charge in [-0.15, -0.1) is 0 Å². The number of aliphatic hydroxyl groups is 1. The molecule has 1 spiro atoms. The van der Waals surface area contributed by atoms with Gasteiger partial charge in [0.05, 0.1) is 18.1 Å². The third-order valence-electron chi connectivity index (χ3n) is 11.1. The van der Waals surface area contributed by atoms with Crippen molar-refractivity contribution in [1.82, 2.24) is 4.90 Å². The normalized spacial score (nSPS) is 37.5. The number of ether oxygens (including phenoxy) is 2. The van der Waals surface area contributed by atoms with Crippen LogP contribution in [0.4, 0.5) is 0 Å². The van der Waals surface area contributed by atoms with E-state index in [0.29, 0.717) is 11.8 Å². The molecule has 38 heavy (non-hydrogen) atoms. The van der Waals surface area contributed by atoms with Crippen LogP contribution in [0.15, 0.2) is 60.7 Å². The Kier molecular flexibility index (Phi) is 5.99. The third kappa shape index (κ3) is 3.96. The van der Waals surface area contributed by atoms with E-state index in [1.807, 2.05) is 60.7 Å². The number of epoxide rings is 1. The maximum absolute atomic E-state index is 13.2. The highest BCUT2D eigenvalue weighted by Gasteiger charge is 2.65. The second-order valence-corrected chi connectivity index (χ2v) is 13.2. The second-order valence-electron chi connectivity index (χ2n) is 13.2. The molecule has 2 saturated carbocycles. The largest absolute Gasteiger partial charge is 0.462 e. The number of fused-ring (bicyclic) bond motifs is 3. The number of esters is 1. The van der Waals surface area contributed by atoms with Crippen LogP contribution < -0.4 is 0 Å². The molecule has 0 aromatic heterocycles. The molecule has 3 heterocycles. The molecule has 0 radical (unpaired) electrons. The van der Waals surface area contributed by atoms with Crippen molar-refractivity contribution in [2.75, 3.05) is 26.2 Å². The summed E-state index contributed by atoms with van der Waals surface area (Å²) in [5, 5.41) is 12.2. The summed E-state index contributed by atoms with van der Waals surface area (Å²) in [4.78, 5) is 15.6. The van der Waals surface area contributed by atoms with Crippen LogP contribution in [0.1, 0.15) is 63.0 Å². The zero-order chi connectivity index (χ0) is 26.0. The van der Waals surface area contributed by atoms with Gasteiger partial charge in [0.1, 0.15) is 11.7 Å². The Bertz CT molecular complexity index is 1120. The van der Waals surface area contributed by atoms with Gasteiger partial charge in [0.2, 0.25) is 0 Å². The summed E-state index contributed by atoms with van der Waals surface area (Å²) in [7, 11) is 0. The van der Waals surface area contributed by atoms with E-state index in [1.54, 1.807) is 0 Å². The maximum Gasteiger partial charge on any atom is 0.310 e. The fourth-order valence-electron chi connectivity index (χ4n) is 9.00. The van der Waals surface area contributed by atoms with Crippen molar-refractivity contribution in [3.63, 3.8) is 0 Å². The average molecular weight is 516 g/mol. The van der Waals surface area contributed by atoms with E-state index in [4.69, 9.17) is 9.47 Å². The van der Waals surface area contributed by atoms with Gasteiger partial charge in [-0.25, -0.2) is 0 Å². The van der Waals surface area contributed by atoms with Crippen molar-refractivity contribution in [2.24, 2.45) is 29.1 Å². The summed E-state index contributed by atoms with van der Waals surface area (Å²) in [5.41, 5.74) is 1.23. The summed E-state index contributed by atoms with van der Waals surface area (Å²) in [6.45, 7) is 5.88. The van der Waals surface area contributed by atoms with Crippen LogP contribution >= 0.6 is 0 Å². The number of benzene rings is 2. The molecule has 2 aliphatic carbocycles. The Balaban J connectivity index is 1.05. The predicted molar refractivity (Wildman–Crippen MR) is 145 cm³/mol. The van der Waals surface area contributed by atoms with E-state index in [0.717, 1.165) is 63.1 Å². The molecule has 5 fully saturated rings. The van der Waals surface area contributed by atoms with Crippen LogP contribution in [0.5, 0.6) is 0 Å². The fourth-order valence-corrected chi connectivity index (χ4v) is 9.00. The zero-order valence-electron chi connectivity index (χ0n) is 22.6. The third-order valence-corrected chi connectivity index (χ3v) is 11.1. The number of carbonyl (C=O) groups is 1. The standard InChI is InChI=1S/C33H41NO4/c1-31-15-8-16-32(22-37-32)29(31)19-26-27(30(35)38-28(26)20-31)21-34-17-13-25(14-18-34)33(36,23-9-4-2-5-10-23)24-11-6-3-7-12-24/h2-7,9-12,25-29,36H,8,13-22H2,1H3/t26-,27+,28+,29+,31+,32-/m0/s1. The molecule has 0 unspecified atom stereocenters. The van der Waals surface area contributed by atoms with Gasteiger partial charge in [-0.2, -0.15) is 0 Å². The molecular weight excluding hydrogens is 474 g/mol. The molecule has 5 aliphatic rings. The molecule has 2 aromatic carbocycles. The van der Waals surface area contributed by atoms with Crippen molar-refractivity contribution in [2.45, 2.75) is 69.2 Å². The maximum atomic E-state index is 13.2. The van der Waals surface area contributed by atoms with E-state index in [9.17, 15) is 9.90 Å². The number of rotatable bonds is 5. The Hall–Kier alpha value is -2.21. The first-order valence-electron chi connectivity index (χ1n) is 14.8. The monoisotopic (exact) mass is 515 g/mol. The van der Waals surface area contributed by atoms with Crippen molar-refractivity contribution in [3.05, 3.63) is 71.8 Å². The first kappa shape index (κ1) is 24.8. The summed E-state index contributed by atoms with van der Waals surface area (Å²) in [5.74, 6) is 0.958. The van der Waals surface area contributed by atoms with Gasteiger partial charge in [-0.3, -0.25) is 4.79 Å². The molecule has 5 nitrogen and oxygen atoms in total. The van der Waals surface area contributed by atoms with Crippen molar-refractivity contribution in [3.8, 4) is 0 Å². The highest BCUT2D eigenvalue weighted by Crippen LogP contribution is 2.63. The van der Waals surface area contributed by atoms with E-state index in [2.05, 4.69) is 11.8 Å². The summed E-state index contributed by atoms with van der Waals surface area (Å²) in [6.07, 6.45) is 7.57. The van der Waals surface area contributed by atoms with Crippen LogP contribution in [-0.4, -0.2) is 53.9 Å². The van der Waals surface area contributed by atoms with Crippen LogP contribution in [-0.2, 0) is 19.9 Å². The van der Waals surface area contributed by atoms with Crippen molar-refractivity contribution in [1.29, 1.82) is 0 Å². The SMILES string of the molecule is C[C@]12CCC[C@]3(CO3)[C@@H]1C[C@@H]1[C@@H](C2)OC(=O)[C@@H]1CN1CCC(C(O)(c2ccccc2)c2ccccc2)CC1. The van der Waals surface area contributed by atoms with E-state index in [-0.39, 0.29) is 34.9 Å². The van der Waals surface area contributed by atoms with E-state index >= 15 is 0 Å². The van der Waals surface area contributed by atoms with Gasteiger partial charge in [0.15, 0.2) is 0 Å². The number of likely N-dealkylation sites (tertiary alicyclic amines) is 1. The predicted octanol–water partition coefficient (Wildman–Crippen LogP) is 5.16. The lowest BCUT2D eigenvalue weighted by Crippen LogP contribution is -2.51. The molecule has 3 saturated heterocycles. The molecule has 6 atom stereocenters. The Morgan fingerprint density at radius 1 is 1.00 bits per heavy atom. The lowest BCUT2D eigenvalue weighted by atomic mass is 9.53. The topological polar surface area (TPSA) is 62.3 Å². The molecule has 5 heteroatoms. The fraction of sp³-hybridized carbons (Fsp3) is 0.606. The molecule has 1 N–H and O–H groups in total. The van der Waals surface area contributed by atoms with Crippen molar-refractivity contribution < 1.29 is 19.4 Å². The van der Waals surface area contributed by atoms with Gasteiger partial charge in [-0.1, -0.05) is 67.6 Å². The minimum absolute atomic E-state index is 0.0141. The molecule has 2 aromatic rings. The molecule has 0 amide bonds. The second kappa shape index (κ2) is 9.18. The van der Waals surface area contributed by atoms with Gasteiger partial charge in [0.25, 0.3) is 0 Å². The van der Waals surface area contributed by atoms with Crippen LogP contribution in [0.25, 0.3) is 0 Å². The lowest BCUT2D eigenvalue weighted by Gasteiger charge is -2.51. The zero-order valence-corrected chi connectivity index (χ0v) is 22.6. The van der Waals surface area contributed by atoms with Gasteiger partial charge < -0.3 is 19.5 Å². The minimum atomic E-state index is -1.01. The van der Waals surface area contributed by atoms with E-state index < -0.39 is 5.60 Å². The summed E-state index contributed by atoms with van der Waals surface area (Å²) >= 11 is 0. The van der Waals surface area contributed by atoms with Crippen LogP contribution in [0.3, 0.4) is 0 Å².